The summed E-state index contributed by atoms with van der Waals surface area (Å²) in [5, 5.41) is 11.1. The van der Waals surface area contributed by atoms with Gasteiger partial charge in [-0.25, -0.2) is 0 Å². The van der Waals surface area contributed by atoms with Gasteiger partial charge in [0.05, 0.1) is 17.2 Å². The number of nitrogens with zero attached hydrogens (tertiary/aromatic N) is 1. The topological polar surface area (TPSA) is 52.9 Å². The second kappa shape index (κ2) is 4.23. The lowest BCUT2D eigenvalue weighted by Crippen LogP contribution is -2.18. The van der Waals surface area contributed by atoms with Crippen LogP contribution in [-0.2, 0) is 0 Å². The van der Waals surface area contributed by atoms with Crippen molar-refractivity contribution in [3.05, 3.63) is 32.9 Å². The molecule has 13 heavy (non-hydrogen) atoms. The molecule has 3 nitrogen and oxygen atoms in total. The Balaban J connectivity index is 3.14. The third-order valence-electron chi connectivity index (χ3n) is 1.57. The van der Waals surface area contributed by atoms with Crippen LogP contribution in [0.5, 0.6) is 0 Å². The summed E-state index contributed by atoms with van der Waals surface area (Å²) in [5.41, 5.74) is 1.17. The van der Waals surface area contributed by atoms with Crippen LogP contribution in [0, 0.1) is 14.9 Å². The minimum atomic E-state index is -0.131. The van der Waals surface area contributed by atoms with Crippen molar-refractivity contribution in [3.63, 3.8) is 0 Å². The van der Waals surface area contributed by atoms with Gasteiger partial charge in [0.2, 0.25) is 0 Å². The van der Waals surface area contributed by atoms with E-state index in [1.165, 1.54) is 0 Å². The van der Waals surface area contributed by atoms with Crippen LogP contribution < -0.4 is 5.32 Å². The predicted octanol–water partition coefficient (Wildman–Crippen LogP) is 1.52. The number of amides is 1. The first-order chi connectivity index (χ1) is 6.19. The molecular weight excluding hydrogens is 279 g/mol. The lowest BCUT2D eigenvalue weighted by Gasteiger charge is -2.02. The summed E-state index contributed by atoms with van der Waals surface area (Å²) in [6, 6.07) is 6.98. The summed E-state index contributed by atoms with van der Waals surface area (Å²) < 4.78 is 0.788. The van der Waals surface area contributed by atoms with E-state index in [0.717, 1.165) is 3.57 Å². The smallest absolute Gasteiger partial charge is 0.252 e. The van der Waals surface area contributed by atoms with Crippen LogP contribution in [0.15, 0.2) is 18.2 Å². The third-order valence-corrected chi connectivity index (χ3v) is 2.46. The van der Waals surface area contributed by atoms with Crippen LogP contribution in [0.1, 0.15) is 15.9 Å². The van der Waals surface area contributed by atoms with Gasteiger partial charge in [0.1, 0.15) is 0 Å². The fraction of sp³-hybridized carbons (Fsp3) is 0.111. The van der Waals surface area contributed by atoms with Crippen LogP contribution in [0.25, 0.3) is 0 Å². The first kappa shape index (κ1) is 9.99. The number of carbonyl (C=O) groups excluding carboxylic acids is 1. The number of carbonyl (C=O) groups is 1. The molecule has 0 heterocycles. The Labute approximate surface area is 89.9 Å². The Hall–Kier alpha value is -1.09. The summed E-state index contributed by atoms with van der Waals surface area (Å²) in [6.45, 7) is 0. The van der Waals surface area contributed by atoms with E-state index < -0.39 is 0 Å². The summed E-state index contributed by atoms with van der Waals surface area (Å²) in [4.78, 5) is 11.2. The van der Waals surface area contributed by atoms with Gasteiger partial charge in [0.15, 0.2) is 0 Å². The monoisotopic (exact) mass is 286 g/mol. The number of nitriles is 1. The van der Waals surface area contributed by atoms with E-state index in [2.05, 4.69) is 5.32 Å². The van der Waals surface area contributed by atoms with E-state index in [-0.39, 0.29) is 5.91 Å². The molecule has 0 aliphatic rings. The zero-order chi connectivity index (χ0) is 9.84. The molecular formula is C9H7IN2O. The van der Waals surface area contributed by atoms with Crippen molar-refractivity contribution in [3.8, 4) is 6.07 Å². The first-order valence-corrected chi connectivity index (χ1v) is 4.68. The Morgan fingerprint density at radius 1 is 1.62 bits per heavy atom. The number of benzene rings is 1. The highest BCUT2D eigenvalue weighted by atomic mass is 127. The minimum Gasteiger partial charge on any atom is -0.355 e. The molecule has 0 radical (unpaired) electrons. The molecule has 0 fully saturated rings. The zero-order valence-electron chi connectivity index (χ0n) is 6.97. The van der Waals surface area contributed by atoms with Crippen molar-refractivity contribution in [2.24, 2.45) is 0 Å². The summed E-state index contributed by atoms with van der Waals surface area (Å²) >= 11 is 2.04. The van der Waals surface area contributed by atoms with Crippen LogP contribution in [0.4, 0.5) is 0 Å². The standard InChI is InChI=1S/C9H7IN2O/c1-12-9(13)7-3-2-6(5-11)4-8(7)10/h2-4H,1H3,(H,12,13). The molecule has 0 aliphatic carbocycles. The number of nitrogens with one attached hydrogen (secondary N) is 1. The van der Waals surface area contributed by atoms with Crippen LogP contribution >= 0.6 is 22.6 Å². The highest BCUT2D eigenvalue weighted by Gasteiger charge is 2.07. The third kappa shape index (κ3) is 2.18. The molecule has 1 amide bonds. The average molecular weight is 286 g/mol. The Morgan fingerprint density at radius 3 is 2.77 bits per heavy atom. The van der Waals surface area contributed by atoms with Gasteiger partial charge in [-0.2, -0.15) is 5.26 Å². The van der Waals surface area contributed by atoms with Gasteiger partial charge in [-0.15, -0.1) is 0 Å². The molecule has 0 unspecified atom stereocenters. The molecule has 0 bridgehead atoms. The number of rotatable bonds is 1. The van der Waals surface area contributed by atoms with Crippen molar-refractivity contribution in [1.29, 1.82) is 5.26 Å². The van der Waals surface area contributed by atoms with Gasteiger partial charge in [-0.05, 0) is 40.8 Å². The molecule has 4 heteroatoms. The molecule has 1 rings (SSSR count). The number of hydrogen-bond donors (Lipinski definition) is 1. The largest absolute Gasteiger partial charge is 0.355 e. The van der Waals surface area contributed by atoms with Gasteiger partial charge in [0.25, 0.3) is 5.91 Å². The van der Waals surface area contributed by atoms with E-state index >= 15 is 0 Å². The van der Waals surface area contributed by atoms with Crippen molar-refractivity contribution in [2.45, 2.75) is 0 Å². The number of halogens is 1. The second-order valence-electron chi connectivity index (χ2n) is 2.39. The fourth-order valence-electron chi connectivity index (χ4n) is 0.903. The quantitative estimate of drug-likeness (QED) is 0.796. The maximum atomic E-state index is 11.2. The number of hydrogen-bond acceptors (Lipinski definition) is 2. The molecule has 0 saturated carbocycles. The Morgan fingerprint density at radius 2 is 2.31 bits per heavy atom. The van der Waals surface area contributed by atoms with Crippen molar-refractivity contribution >= 4 is 28.5 Å². The van der Waals surface area contributed by atoms with Gasteiger partial charge < -0.3 is 5.32 Å². The molecule has 0 saturated heterocycles. The van der Waals surface area contributed by atoms with Crippen LogP contribution in [0.3, 0.4) is 0 Å². The lowest BCUT2D eigenvalue weighted by atomic mass is 10.1. The van der Waals surface area contributed by atoms with Crippen LogP contribution in [-0.4, -0.2) is 13.0 Å². The molecule has 0 atom stereocenters. The average Bonchev–Trinajstić information content (AvgIpc) is 2.16. The molecule has 66 valence electrons. The molecule has 0 aliphatic heterocycles. The second-order valence-corrected chi connectivity index (χ2v) is 3.55. The van der Waals surface area contributed by atoms with Crippen molar-refractivity contribution in [1.82, 2.24) is 5.32 Å². The van der Waals surface area contributed by atoms with Gasteiger partial charge >= 0.3 is 0 Å². The van der Waals surface area contributed by atoms with Crippen molar-refractivity contribution in [2.75, 3.05) is 7.05 Å². The Kier molecular flexibility index (Phi) is 3.25. The van der Waals surface area contributed by atoms with E-state index in [1.807, 2.05) is 28.7 Å². The van der Waals surface area contributed by atoms with Gasteiger partial charge in [-0.3, -0.25) is 4.79 Å². The van der Waals surface area contributed by atoms with Gasteiger partial charge in [-0.1, -0.05) is 0 Å². The molecule has 1 aromatic carbocycles. The normalized spacial score (nSPS) is 9.00. The van der Waals surface area contributed by atoms with Gasteiger partial charge in [0, 0.05) is 10.6 Å². The summed E-state index contributed by atoms with van der Waals surface area (Å²) in [7, 11) is 1.58. The molecule has 0 spiro atoms. The summed E-state index contributed by atoms with van der Waals surface area (Å²) in [5.74, 6) is -0.131. The highest BCUT2D eigenvalue weighted by molar-refractivity contribution is 14.1. The van der Waals surface area contributed by atoms with Crippen LogP contribution in [0.2, 0.25) is 0 Å². The maximum absolute atomic E-state index is 11.2. The SMILES string of the molecule is CNC(=O)c1ccc(C#N)cc1I. The first-order valence-electron chi connectivity index (χ1n) is 3.60. The van der Waals surface area contributed by atoms with E-state index in [9.17, 15) is 4.79 Å². The highest BCUT2D eigenvalue weighted by Crippen LogP contribution is 2.13. The molecule has 1 N–H and O–H groups in total. The molecule has 1 aromatic rings. The zero-order valence-corrected chi connectivity index (χ0v) is 9.12. The van der Waals surface area contributed by atoms with Crippen molar-refractivity contribution < 1.29 is 4.79 Å². The molecule has 0 aromatic heterocycles. The van der Waals surface area contributed by atoms with E-state index in [4.69, 9.17) is 5.26 Å². The fourth-order valence-corrected chi connectivity index (χ4v) is 1.66. The maximum Gasteiger partial charge on any atom is 0.252 e. The van der Waals surface area contributed by atoms with E-state index in [0.29, 0.717) is 11.1 Å². The summed E-state index contributed by atoms with van der Waals surface area (Å²) in [6.07, 6.45) is 0. The Bertz CT molecular complexity index is 382. The predicted molar refractivity (Wildman–Crippen MR) is 57.3 cm³/mol. The minimum absolute atomic E-state index is 0.131. The van der Waals surface area contributed by atoms with E-state index in [1.54, 1.807) is 25.2 Å². The lowest BCUT2D eigenvalue weighted by molar-refractivity contribution is 0.0962.